The van der Waals surface area contributed by atoms with E-state index in [1.807, 2.05) is 19.9 Å². The fraction of sp³-hybridized carbons (Fsp3) is 0.533. The summed E-state index contributed by atoms with van der Waals surface area (Å²) in [4.78, 5) is 14.7. The lowest BCUT2D eigenvalue weighted by Crippen LogP contribution is -2.32. The molecule has 3 nitrogen and oxygen atoms in total. The summed E-state index contributed by atoms with van der Waals surface area (Å²) < 4.78 is 5.86. The topological polar surface area (TPSA) is 38.7 Å². The van der Waals surface area contributed by atoms with Crippen molar-refractivity contribution in [3.63, 3.8) is 0 Å². The van der Waals surface area contributed by atoms with Crippen molar-refractivity contribution in [2.75, 3.05) is 0 Å². The molecule has 1 heterocycles. The standard InChI is InChI=1S/C15H16ClNO2/c1-14(2)8-10-6-11(7-12(16)13(10)19-14)15(17-9-18)4-3-5-15/h6-7H,3-5,8H2,1-2H3. The highest BCUT2D eigenvalue weighted by Crippen LogP contribution is 2.49. The fourth-order valence-electron chi connectivity index (χ4n) is 3.00. The number of ether oxygens (including phenoxy) is 1. The molecular formula is C15H16ClNO2. The van der Waals surface area contributed by atoms with Crippen molar-refractivity contribution >= 4 is 17.7 Å². The number of isocyanates is 1. The minimum absolute atomic E-state index is 0.217. The van der Waals surface area contributed by atoms with Crippen molar-refractivity contribution in [2.24, 2.45) is 4.99 Å². The van der Waals surface area contributed by atoms with Crippen LogP contribution in [0.4, 0.5) is 0 Å². The van der Waals surface area contributed by atoms with E-state index in [2.05, 4.69) is 11.1 Å². The highest BCUT2D eigenvalue weighted by molar-refractivity contribution is 6.32. The number of nitrogens with zero attached hydrogens (tertiary/aromatic N) is 1. The van der Waals surface area contributed by atoms with Crippen LogP contribution < -0.4 is 4.74 Å². The summed E-state index contributed by atoms with van der Waals surface area (Å²) >= 11 is 6.32. The van der Waals surface area contributed by atoms with Gasteiger partial charge in [-0.1, -0.05) is 11.6 Å². The molecule has 1 fully saturated rings. The fourth-order valence-corrected chi connectivity index (χ4v) is 3.28. The normalized spacial score (nSPS) is 21.8. The number of hydrogen-bond acceptors (Lipinski definition) is 3. The second-order valence-corrected chi connectivity index (χ2v) is 6.48. The maximum Gasteiger partial charge on any atom is 0.235 e. The molecule has 0 bridgehead atoms. The third-order valence-corrected chi connectivity index (χ3v) is 4.37. The van der Waals surface area contributed by atoms with Gasteiger partial charge in [-0.05, 0) is 50.8 Å². The van der Waals surface area contributed by atoms with E-state index in [0.29, 0.717) is 5.02 Å². The zero-order valence-electron chi connectivity index (χ0n) is 11.1. The van der Waals surface area contributed by atoms with Crippen molar-refractivity contribution < 1.29 is 9.53 Å². The molecule has 0 spiro atoms. The highest BCUT2D eigenvalue weighted by Gasteiger charge is 2.41. The molecule has 1 saturated carbocycles. The minimum atomic E-state index is -0.396. The molecule has 0 N–H and O–H groups in total. The van der Waals surface area contributed by atoms with E-state index in [0.717, 1.165) is 42.6 Å². The number of halogens is 1. The predicted molar refractivity (Wildman–Crippen MR) is 73.5 cm³/mol. The van der Waals surface area contributed by atoms with Crippen LogP contribution in [0.2, 0.25) is 5.02 Å². The van der Waals surface area contributed by atoms with Crippen molar-refractivity contribution in [3.05, 3.63) is 28.3 Å². The number of aliphatic imine (C=N–C) groups is 1. The summed E-state index contributed by atoms with van der Waals surface area (Å²) in [6, 6.07) is 3.98. The van der Waals surface area contributed by atoms with Crippen LogP contribution in [0.5, 0.6) is 5.75 Å². The molecule has 0 radical (unpaired) electrons. The van der Waals surface area contributed by atoms with Crippen LogP contribution in [0.25, 0.3) is 0 Å². The SMILES string of the molecule is CC1(C)Cc2cc(C3(N=C=O)CCC3)cc(Cl)c2O1. The first-order valence-electron chi connectivity index (χ1n) is 6.57. The molecule has 19 heavy (non-hydrogen) atoms. The number of hydrogen-bond donors (Lipinski definition) is 0. The van der Waals surface area contributed by atoms with Crippen LogP contribution in [-0.4, -0.2) is 11.7 Å². The van der Waals surface area contributed by atoms with Crippen LogP contribution in [0.1, 0.15) is 44.2 Å². The van der Waals surface area contributed by atoms with Crippen molar-refractivity contribution in [1.82, 2.24) is 0 Å². The molecule has 1 aliphatic carbocycles. The van der Waals surface area contributed by atoms with Crippen LogP contribution in [0, 0.1) is 0 Å². The number of fused-ring (bicyclic) bond motifs is 1. The summed E-state index contributed by atoms with van der Waals surface area (Å²) in [5.41, 5.74) is 1.52. The lowest BCUT2D eigenvalue weighted by molar-refractivity contribution is 0.138. The van der Waals surface area contributed by atoms with Crippen molar-refractivity contribution in [1.29, 1.82) is 0 Å². The average Bonchev–Trinajstić information content (AvgIpc) is 2.58. The molecule has 0 atom stereocenters. The Morgan fingerprint density at radius 1 is 1.37 bits per heavy atom. The third-order valence-electron chi connectivity index (χ3n) is 4.09. The molecule has 4 heteroatoms. The summed E-state index contributed by atoms with van der Waals surface area (Å²) in [6.07, 6.45) is 5.41. The first-order valence-corrected chi connectivity index (χ1v) is 6.95. The first kappa shape index (κ1) is 12.7. The van der Waals surface area contributed by atoms with Gasteiger partial charge in [0.2, 0.25) is 6.08 Å². The van der Waals surface area contributed by atoms with Crippen LogP contribution in [0.15, 0.2) is 17.1 Å². The van der Waals surface area contributed by atoms with E-state index in [1.54, 1.807) is 6.08 Å². The number of benzene rings is 1. The zero-order valence-corrected chi connectivity index (χ0v) is 11.9. The average molecular weight is 278 g/mol. The molecule has 100 valence electrons. The Morgan fingerprint density at radius 3 is 2.68 bits per heavy atom. The van der Waals surface area contributed by atoms with E-state index in [1.165, 1.54) is 0 Å². The van der Waals surface area contributed by atoms with E-state index in [9.17, 15) is 4.79 Å². The predicted octanol–water partition coefficient (Wildman–Crippen LogP) is 3.77. The Balaban J connectivity index is 2.07. The van der Waals surface area contributed by atoms with Gasteiger partial charge in [-0.2, -0.15) is 4.99 Å². The Kier molecular flexibility index (Phi) is 2.74. The number of carbonyl (C=O) groups excluding carboxylic acids is 1. The van der Waals surface area contributed by atoms with E-state index < -0.39 is 5.54 Å². The highest BCUT2D eigenvalue weighted by atomic mass is 35.5. The smallest absolute Gasteiger partial charge is 0.235 e. The second-order valence-electron chi connectivity index (χ2n) is 6.07. The summed E-state index contributed by atoms with van der Waals surface area (Å²) in [5.74, 6) is 0.778. The first-order chi connectivity index (χ1) is 8.96. The van der Waals surface area contributed by atoms with Gasteiger partial charge >= 0.3 is 0 Å². The lowest BCUT2D eigenvalue weighted by Gasteiger charge is -2.37. The van der Waals surface area contributed by atoms with Crippen molar-refractivity contribution in [2.45, 2.75) is 50.7 Å². The molecule has 0 unspecified atom stereocenters. The maximum absolute atomic E-state index is 10.7. The lowest BCUT2D eigenvalue weighted by atomic mass is 9.72. The Bertz CT molecular complexity index is 584. The van der Waals surface area contributed by atoms with Gasteiger partial charge in [-0.15, -0.1) is 0 Å². The summed E-state index contributed by atoms with van der Waals surface area (Å²) in [7, 11) is 0. The van der Waals surface area contributed by atoms with Crippen LogP contribution in [0.3, 0.4) is 0 Å². The minimum Gasteiger partial charge on any atom is -0.486 e. The molecule has 3 rings (SSSR count). The van der Waals surface area contributed by atoms with Gasteiger partial charge in [0, 0.05) is 12.0 Å². The van der Waals surface area contributed by atoms with Gasteiger partial charge in [-0.3, -0.25) is 0 Å². The quantitative estimate of drug-likeness (QED) is 0.610. The third kappa shape index (κ3) is 1.98. The zero-order chi connectivity index (χ0) is 13.7. The summed E-state index contributed by atoms with van der Waals surface area (Å²) in [5, 5.41) is 0.616. The molecule has 1 aliphatic heterocycles. The molecule has 0 saturated heterocycles. The molecule has 0 amide bonds. The van der Waals surface area contributed by atoms with Gasteiger partial charge in [0.1, 0.15) is 11.4 Å². The van der Waals surface area contributed by atoms with Crippen LogP contribution >= 0.6 is 11.6 Å². The van der Waals surface area contributed by atoms with E-state index >= 15 is 0 Å². The van der Waals surface area contributed by atoms with E-state index in [4.69, 9.17) is 16.3 Å². The van der Waals surface area contributed by atoms with Gasteiger partial charge in [0.15, 0.2) is 0 Å². The molecule has 1 aromatic rings. The molecule has 0 aromatic heterocycles. The Morgan fingerprint density at radius 2 is 2.11 bits per heavy atom. The Hall–Kier alpha value is -1.31. The van der Waals surface area contributed by atoms with Gasteiger partial charge < -0.3 is 4.74 Å². The van der Waals surface area contributed by atoms with Gasteiger partial charge in [0.05, 0.1) is 10.6 Å². The summed E-state index contributed by atoms with van der Waals surface area (Å²) in [6.45, 7) is 4.09. The molecule has 2 aliphatic rings. The van der Waals surface area contributed by atoms with Gasteiger partial charge in [0.25, 0.3) is 0 Å². The monoisotopic (exact) mass is 277 g/mol. The second kappa shape index (κ2) is 4.09. The van der Waals surface area contributed by atoms with E-state index in [-0.39, 0.29) is 5.60 Å². The van der Waals surface area contributed by atoms with Crippen LogP contribution in [-0.2, 0) is 16.8 Å². The Labute approximate surface area is 117 Å². The molecular weight excluding hydrogens is 262 g/mol. The maximum atomic E-state index is 10.7. The molecule has 1 aromatic carbocycles. The van der Waals surface area contributed by atoms with Gasteiger partial charge in [-0.25, -0.2) is 4.79 Å². The van der Waals surface area contributed by atoms with Crippen molar-refractivity contribution in [3.8, 4) is 5.75 Å². The number of rotatable bonds is 2. The largest absolute Gasteiger partial charge is 0.486 e.